The summed E-state index contributed by atoms with van der Waals surface area (Å²) in [6.45, 7) is 7.05. The van der Waals surface area contributed by atoms with E-state index < -0.39 is 16.1 Å². The molecule has 1 amide bonds. The number of hydrogen-bond acceptors (Lipinski definition) is 6. The third-order valence-electron chi connectivity index (χ3n) is 4.36. The predicted octanol–water partition coefficient (Wildman–Crippen LogP) is 2.66. The third-order valence-corrected chi connectivity index (χ3v) is 7.14. The van der Waals surface area contributed by atoms with Crippen LogP contribution in [-0.4, -0.2) is 66.3 Å². The summed E-state index contributed by atoms with van der Waals surface area (Å²) in [5.41, 5.74) is 0.478. The van der Waals surface area contributed by atoms with Gasteiger partial charge in [-0.15, -0.1) is 11.3 Å². The zero-order chi connectivity index (χ0) is 19.6. The van der Waals surface area contributed by atoms with Crippen molar-refractivity contribution in [3.05, 3.63) is 23.7 Å². The normalized spacial score (nSPS) is 16.1. The summed E-state index contributed by atoms with van der Waals surface area (Å²) in [4.78, 5) is 14.4. The lowest BCUT2D eigenvalue weighted by atomic mass is 10.3. The van der Waals surface area contributed by atoms with Crippen LogP contribution in [0.15, 0.2) is 28.6 Å². The minimum atomic E-state index is -3.71. The average molecular weight is 413 g/mol. The molecule has 0 aliphatic carbocycles. The second-order valence-corrected chi connectivity index (χ2v) is 9.34. The molecule has 1 fully saturated rings. The van der Waals surface area contributed by atoms with Crippen LogP contribution in [0.1, 0.15) is 26.8 Å². The SMILES string of the molecule is CCOC(=O)N1CCN(S(=O)(=O)c2cn(C(C)C)nc2-c2cccs2)CC1. The molecule has 2 aromatic heterocycles. The van der Waals surface area contributed by atoms with Crippen molar-refractivity contribution in [2.24, 2.45) is 0 Å². The number of thiophene rings is 1. The maximum absolute atomic E-state index is 13.3. The van der Waals surface area contributed by atoms with Crippen LogP contribution >= 0.6 is 11.3 Å². The molecular formula is C17H24N4O4S2. The molecular weight excluding hydrogens is 388 g/mol. The molecule has 0 spiro atoms. The summed E-state index contributed by atoms with van der Waals surface area (Å²) in [6.07, 6.45) is 1.20. The van der Waals surface area contributed by atoms with Gasteiger partial charge in [-0.1, -0.05) is 6.07 Å². The molecule has 27 heavy (non-hydrogen) atoms. The Morgan fingerprint density at radius 1 is 1.30 bits per heavy atom. The standard InChI is InChI=1S/C17H24N4O4S2/c1-4-25-17(22)19-7-9-20(10-8-19)27(23,24)15-12-21(13(2)3)18-16(15)14-6-5-11-26-14/h5-6,11-13H,4,7-10H2,1-3H3. The van der Waals surface area contributed by atoms with E-state index in [0.717, 1.165) is 4.88 Å². The Morgan fingerprint density at radius 2 is 2.00 bits per heavy atom. The largest absolute Gasteiger partial charge is 0.450 e. The first-order valence-electron chi connectivity index (χ1n) is 8.89. The van der Waals surface area contributed by atoms with Gasteiger partial charge in [0.1, 0.15) is 10.6 Å². The van der Waals surface area contributed by atoms with E-state index in [1.807, 2.05) is 31.4 Å². The fourth-order valence-corrected chi connectivity index (χ4v) is 5.22. The van der Waals surface area contributed by atoms with Crippen LogP contribution in [0.25, 0.3) is 10.6 Å². The Hall–Kier alpha value is -1.91. The molecule has 0 bridgehead atoms. The van der Waals surface area contributed by atoms with Crippen molar-refractivity contribution in [2.75, 3.05) is 32.8 Å². The van der Waals surface area contributed by atoms with E-state index in [0.29, 0.717) is 25.4 Å². The summed E-state index contributed by atoms with van der Waals surface area (Å²) in [6, 6.07) is 3.80. The molecule has 0 N–H and O–H groups in total. The Morgan fingerprint density at radius 3 is 2.56 bits per heavy atom. The Kier molecular flexibility index (Phi) is 5.87. The summed E-state index contributed by atoms with van der Waals surface area (Å²) < 4.78 is 34.7. The lowest BCUT2D eigenvalue weighted by Crippen LogP contribution is -2.50. The highest BCUT2D eigenvalue weighted by Gasteiger charge is 2.34. The molecule has 1 aliphatic heterocycles. The molecule has 1 aliphatic rings. The summed E-state index contributed by atoms with van der Waals surface area (Å²) in [5, 5.41) is 6.42. The number of carbonyl (C=O) groups excluding carboxylic acids is 1. The van der Waals surface area contributed by atoms with Crippen molar-refractivity contribution in [3.8, 4) is 10.6 Å². The van der Waals surface area contributed by atoms with Gasteiger partial charge in [0.25, 0.3) is 0 Å². The van der Waals surface area contributed by atoms with Crippen molar-refractivity contribution in [1.29, 1.82) is 0 Å². The van der Waals surface area contributed by atoms with Crippen LogP contribution in [0.4, 0.5) is 4.79 Å². The highest BCUT2D eigenvalue weighted by Crippen LogP contribution is 2.32. The van der Waals surface area contributed by atoms with Crippen molar-refractivity contribution >= 4 is 27.5 Å². The molecule has 10 heteroatoms. The lowest BCUT2D eigenvalue weighted by molar-refractivity contribution is 0.0934. The quantitative estimate of drug-likeness (QED) is 0.754. The fourth-order valence-electron chi connectivity index (χ4n) is 2.88. The average Bonchev–Trinajstić information content (AvgIpc) is 3.31. The van der Waals surface area contributed by atoms with Crippen molar-refractivity contribution in [2.45, 2.75) is 31.7 Å². The summed E-state index contributed by atoms with van der Waals surface area (Å²) in [5.74, 6) is 0. The van der Waals surface area contributed by atoms with Crippen LogP contribution in [0.3, 0.4) is 0 Å². The number of nitrogens with zero attached hydrogens (tertiary/aromatic N) is 4. The number of hydrogen-bond donors (Lipinski definition) is 0. The van der Waals surface area contributed by atoms with E-state index in [-0.39, 0.29) is 24.0 Å². The van der Waals surface area contributed by atoms with Gasteiger partial charge >= 0.3 is 6.09 Å². The van der Waals surface area contributed by atoms with Gasteiger partial charge in [0.2, 0.25) is 10.0 Å². The van der Waals surface area contributed by atoms with Crippen LogP contribution in [0, 0.1) is 0 Å². The number of amides is 1. The minimum Gasteiger partial charge on any atom is -0.450 e. The number of carbonyl (C=O) groups is 1. The lowest BCUT2D eigenvalue weighted by Gasteiger charge is -2.33. The maximum atomic E-state index is 13.3. The van der Waals surface area contributed by atoms with Crippen LogP contribution in [0.2, 0.25) is 0 Å². The number of ether oxygens (including phenoxy) is 1. The van der Waals surface area contributed by atoms with Gasteiger partial charge in [0, 0.05) is 38.4 Å². The number of sulfonamides is 1. The summed E-state index contributed by atoms with van der Waals surface area (Å²) in [7, 11) is -3.71. The van der Waals surface area contributed by atoms with E-state index in [9.17, 15) is 13.2 Å². The molecule has 148 valence electrons. The Labute approximate surface area is 163 Å². The van der Waals surface area contributed by atoms with Gasteiger partial charge in [-0.25, -0.2) is 13.2 Å². The highest BCUT2D eigenvalue weighted by atomic mass is 32.2. The molecule has 1 saturated heterocycles. The first kappa shape index (κ1) is 19.8. The number of aromatic nitrogens is 2. The molecule has 0 radical (unpaired) electrons. The maximum Gasteiger partial charge on any atom is 0.409 e. The molecule has 0 saturated carbocycles. The van der Waals surface area contributed by atoms with E-state index in [2.05, 4.69) is 5.10 Å². The van der Waals surface area contributed by atoms with E-state index in [4.69, 9.17) is 4.74 Å². The zero-order valence-electron chi connectivity index (χ0n) is 15.7. The molecule has 0 aromatic carbocycles. The third kappa shape index (κ3) is 4.02. The number of rotatable bonds is 5. The molecule has 3 rings (SSSR count). The van der Waals surface area contributed by atoms with E-state index in [1.165, 1.54) is 20.5 Å². The van der Waals surface area contributed by atoms with Gasteiger partial charge in [-0.2, -0.15) is 9.40 Å². The van der Waals surface area contributed by atoms with Crippen molar-refractivity contribution in [1.82, 2.24) is 19.0 Å². The predicted molar refractivity (Wildman–Crippen MR) is 103 cm³/mol. The Bertz CT molecular complexity index is 882. The topological polar surface area (TPSA) is 84.7 Å². The van der Waals surface area contributed by atoms with Crippen LogP contribution in [-0.2, 0) is 14.8 Å². The van der Waals surface area contributed by atoms with Gasteiger partial charge < -0.3 is 9.64 Å². The highest BCUT2D eigenvalue weighted by molar-refractivity contribution is 7.89. The molecule has 0 atom stereocenters. The second-order valence-electron chi connectivity index (χ2n) is 6.48. The number of piperazine rings is 1. The first-order valence-corrected chi connectivity index (χ1v) is 11.2. The first-order chi connectivity index (χ1) is 12.8. The van der Waals surface area contributed by atoms with Crippen LogP contribution < -0.4 is 0 Å². The summed E-state index contributed by atoms with van der Waals surface area (Å²) >= 11 is 1.46. The van der Waals surface area contributed by atoms with E-state index in [1.54, 1.807) is 17.8 Å². The minimum absolute atomic E-state index is 0.0494. The molecule has 8 nitrogen and oxygen atoms in total. The molecule has 3 heterocycles. The van der Waals surface area contributed by atoms with Gasteiger partial charge in [0.05, 0.1) is 11.5 Å². The Balaban J connectivity index is 1.86. The smallest absolute Gasteiger partial charge is 0.409 e. The van der Waals surface area contributed by atoms with Crippen LogP contribution in [0.5, 0.6) is 0 Å². The van der Waals surface area contributed by atoms with Gasteiger partial charge in [-0.05, 0) is 32.2 Å². The van der Waals surface area contributed by atoms with Crippen molar-refractivity contribution < 1.29 is 17.9 Å². The van der Waals surface area contributed by atoms with Crippen molar-refractivity contribution in [3.63, 3.8) is 0 Å². The fraction of sp³-hybridized carbons (Fsp3) is 0.529. The second kappa shape index (κ2) is 7.99. The molecule has 2 aromatic rings. The monoisotopic (exact) mass is 412 g/mol. The molecule has 0 unspecified atom stereocenters. The zero-order valence-corrected chi connectivity index (χ0v) is 17.3. The van der Waals surface area contributed by atoms with E-state index >= 15 is 0 Å². The van der Waals surface area contributed by atoms with Gasteiger partial charge in [-0.3, -0.25) is 4.68 Å². The van der Waals surface area contributed by atoms with Gasteiger partial charge in [0.15, 0.2) is 0 Å².